The van der Waals surface area contributed by atoms with E-state index in [0.717, 1.165) is 43.2 Å². The average molecular weight is 505 g/mol. The first-order valence-corrected chi connectivity index (χ1v) is 11.4. The molecule has 3 aromatic carbocycles. The van der Waals surface area contributed by atoms with Gasteiger partial charge in [0, 0.05) is 33.9 Å². The molecule has 0 spiro atoms. The van der Waals surface area contributed by atoms with Crippen molar-refractivity contribution in [2.75, 3.05) is 6.61 Å². The van der Waals surface area contributed by atoms with E-state index in [1.165, 1.54) is 0 Å². The fourth-order valence-electron chi connectivity index (χ4n) is 4.52. The molecule has 0 saturated carbocycles. The van der Waals surface area contributed by atoms with E-state index >= 15 is 0 Å². The van der Waals surface area contributed by atoms with Crippen molar-refractivity contribution in [3.8, 4) is 11.1 Å². The van der Waals surface area contributed by atoms with E-state index in [2.05, 4.69) is 38.4 Å². The van der Waals surface area contributed by atoms with Crippen LogP contribution in [0.1, 0.15) is 22.6 Å². The number of benzene rings is 3. The monoisotopic (exact) mass is 504 g/mol. The molecule has 0 fully saturated rings. The van der Waals surface area contributed by atoms with Gasteiger partial charge in [0.05, 0.1) is 0 Å². The van der Waals surface area contributed by atoms with E-state index < -0.39 is 18.1 Å². The Morgan fingerprint density at radius 1 is 1.03 bits per heavy atom. The highest BCUT2D eigenvalue weighted by molar-refractivity contribution is 9.10. The molecule has 5 rings (SSSR count). The number of carboxylic acid groups (broad SMARTS) is 1. The molecule has 1 atom stereocenters. The molecule has 1 unspecified atom stereocenters. The summed E-state index contributed by atoms with van der Waals surface area (Å²) in [7, 11) is 0. The van der Waals surface area contributed by atoms with Crippen molar-refractivity contribution in [3.63, 3.8) is 0 Å². The fraction of sp³-hybridized carbons (Fsp3) is 0.154. The molecule has 1 aliphatic carbocycles. The van der Waals surface area contributed by atoms with Crippen molar-refractivity contribution in [1.82, 2.24) is 10.3 Å². The summed E-state index contributed by atoms with van der Waals surface area (Å²) in [5.74, 6) is -1.20. The van der Waals surface area contributed by atoms with Crippen molar-refractivity contribution >= 4 is 38.9 Å². The highest BCUT2D eigenvalue weighted by Crippen LogP contribution is 2.44. The molecular weight excluding hydrogens is 484 g/mol. The predicted octanol–water partition coefficient (Wildman–Crippen LogP) is 5.46. The fourth-order valence-corrected chi connectivity index (χ4v) is 4.88. The Kier molecular flexibility index (Phi) is 5.64. The first-order chi connectivity index (χ1) is 16.0. The second-order valence-electron chi connectivity index (χ2n) is 8.07. The van der Waals surface area contributed by atoms with Gasteiger partial charge in [-0.2, -0.15) is 0 Å². The number of amides is 1. The molecule has 1 aromatic heterocycles. The summed E-state index contributed by atoms with van der Waals surface area (Å²) in [5.41, 5.74) is 6.18. The van der Waals surface area contributed by atoms with Crippen LogP contribution in [0.2, 0.25) is 0 Å². The van der Waals surface area contributed by atoms with Crippen molar-refractivity contribution in [2.45, 2.75) is 18.4 Å². The summed E-state index contributed by atoms with van der Waals surface area (Å²) in [4.78, 5) is 27.6. The van der Waals surface area contributed by atoms with Crippen LogP contribution in [0.5, 0.6) is 0 Å². The van der Waals surface area contributed by atoms with E-state index in [4.69, 9.17) is 4.74 Å². The van der Waals surface area contributed by atoms with Gasteiger partial charge in [-0.05, 0) is 46.0 Å². The lowest BCUT2D eigenvalue weighted by Gasteiger charge is -2.17. The molecule has 1 aliphatic rings. The summed E-state index contributed by atoms with van der Waals surface area (Å²) in [5, 5.41) is 13.1. The van der Waals surface area contributed by atoms with Crippen molar-refractivity contribution < 1.29 is 19.4 Å². The number of aromatic nitrogens is 1. The Balaban J connectivity index is 1.29. The Morgan fingerprint density at radius 3 is 2.36 bits per heavy atom. The molecule has 33 heavy (non-hydrogen) atoms. The Hall–Kier alpha value is -3.58. The minimum atomic E-state index is -1.12. The van der Waals surface area contributed by atoms with Gasteiger partial charge in [0.25, 0.3) is 0 Å². The molecule has 3 N–H and O–H groups in total. The number of carbonyl (C=O) groups is 2. The molecule has 4 aromatic rings. The summed E-state index contributed by atoms with van der Waals surface area (Å²) in [6.07, 6.45) is 1.16. The van der Waals surface area contributed by atoms with Gasteiger partial charge in [-0.1, -0.05) is 64.5 Å². The highest BCUT2D eigenvalue weighted by atomic mass is 79.9. The van der Waals surface area contributed by atoms with Gasteiger partial charge in [-0.15, -0.1) is 0 Å². The number of alkyl carbamates (subject to hydrolysis) is 1. The number of rotatable bonds is 6. The molecule has 7 heteroatoms. The second-order valence-corrected chi connectivity index (χ2v) is 8.98. The number of carboxylic acids is 1. The maximum absolute atomic E-state index is 12.6. The molecular formula is C26H21BrN2O4. The van der Waals surface area contributed by atoms with Crippen LogP contribution in [-0.2, 0) is 16.0 Å². The molecule has 0 saturated heterocycles. The van der Waals surface area contributed by atoms with Gasteiger partial charge in [0.2, 0.25) is 0 Å². The lowest BCUT2D eigenvalue weighted by atomic mass is 9.98. The SMILES string of the molecule is O=C(NC(Cc1c[nH]c2ccc(Br)cc12)C(=O)O)OCC1c2ccccc2-c2ccccc21. The second kappa shape index (κ2) is 8.75. The Morgan fingerprint density at radius 2 is 1.70 bits per heavy atom. The van der Waals surface area contributed by atoms with Gasteiger partial charge in [-0.25, -0.2) is 9.59 Å². The van der Waals surface area contributed by atoms with Gasteiger partial charge in [0.15, 0.2) is 0 Å². The van der Waals surface area contributed by atoms with E-state index in [-0.39, 0.29) is 18.9 Å². The van der Waals surface area contributed by atoms with Gasteiger partial charge in [-0.3, -0.25) is 0 Å². The van der Waals surface area contributed by atoms with Crippen molar-refractivity contribution in [1.29, 1.82) is 0 Å². The zero-order chi connectivity index (χ0) is 22.9. The predicted molar refractivity (Wildman–Crippen MR) is 129 cm³/mol. The normalized spacial score (nSPS) is 13.4. The topological polar surface area (TPSA) is 91.4 Å². The minimum Gasteiger partial charge on any atom is -0.480 e. The first-order valence-electron chi connectivity index (χ1n) is 10.6. The summed E-state index contributed by atoms with van der Waals surface area (Å²) >= 11 is 3.44. The zero-order valence-electron chi connectivity index (χ0n) is 17.5. The van der Waals surface area contributed by atoms with Crippen LogP contribution in [0.15, 0.2) is 77.4 Å². The number of ether oxygens (including phenoxy) is 1. The van der Waals surface area contributed by atoms with Crippen LogP contribution in [-0.4, -0.2) is 34.8 Å². The Bertz CT molecular complexity index is 1320. The molecule has 166 valence electrons. The van der Waals surface area contributed by atoms with Crippen LogP contribution in [0.3, 0.4) is 0 Å². The van der Waals surface area contributed by atoms with Crippen LogP contribution in [0, 0.1) is 0 Å². The number of hydrogen-bond donors (Lipinski definition) is 3. The molecule has 1 amide bonds. The first kappa shape index (κ1) is 21.3. The number of aromatic amines is 1. The van der Waals surface area contributed by atoms with Crippen LogP contribution in [0.4, 0.5) is 4.79 Å². The molecule has 0 aliphatic heterocycles. The van der Waals surface area contributed by atoms with E-state index in [0.29, 0.717) is 0 Å². The smallest absolute Gasteiger partial charge is 0.407 e. The van der Waals surface area contributed by atoms with E-state index in [9.17, 15) is 14.7 Å². The third-order valence-corrected chi connectivity index (χ3v) is 6.58. The number of aliphatic carboxylic acids is 1. The van der Waals surface area contributed by atoms with Gasteiger partial charge >= 0.3 is 12.1 Å². The zero-order valence-corrected chi connectivity index (χ0v) is 19.1. The summed E-state index contributed by atoms with van der Waals surface area (Å²) in [6.45, 7) is 0.131. The van der Waals surface area contributed by atoms with Crippen molar-refractivity contribution in [2.24, 2.45) is 0 Å². The highest BCUT2D eigenvalue weighted by Gasteiger charge is 2.30. The quantitative estimate of drug-likeness (QED) is 0.324. The molecule has 0 radical (unpaired) electrons. The third kappa shape index (κ3) is 4.12. The maximum Gasteiger partial charge on any atom is 0.407 e. The van der Waals surface area contributed by atoms with Gasteiger partial charge < -0.3 is 20.1 Å². The number of fused-ring (bicyclic) bond motifs is 4. The number of hydrogen-bond acceptors (Lipinski definition) is 3. The molecule has 6 nitrogen and oxygen atoms in total. The van der Waals surface area contributed by atoms with Crippen LogP contribution in [0.25, 0.3) is 22.0 Å². The lowest BCUT2D eigenvalue weighted by Crippen LogP contribution is -2.42. The Labute approximate surface area is 198 Å². The number of halogens is 1. The van der Waals surface area contributed by atoms with E-state index in [1.807, 2.05) is 54.6 Å². The molecule has 1 heterocycles. The van der Waals surface area contributed by atoms with Gasteiger partial charge in [0.1, 0.15) is 12.6 Å². The maximum atomic E-state index is 12.6. The van der Waals surface area contributed by atoms with Crippen LogP contribution < -0.4 is 5.32 Å². The van der Waals surface area contributed by atoms with Crippen molar-refractivity contribution in [3.05, 3.63) is 94.1 Å². The summed E-state index contributed by atoms with van der Waals surface area (Å²) in [6, 6.07) is 20.8. The number of H-pyrrole nitrogens is 1. The average Bonchev–Trinajstić information content (AvgIpc) is 3.35. The number of nitrogens with one attached hydrogen (secondary N) is 2. The number of carbonyl (C=O) groups excluding carboxylic acids is 1. The van der Waals surface area contributed by atoms with Crippen LogP contribution >= 0.6 is 15.9 Å². The molecule has 0 bridgehead atoms. The van der Waals surface area contributed by atoms with E-state index in [1.54, 1.807) is 6.20 Å². The minimum absolute atomic E-state index is 0.0857. The lowest BCUT2D eigenvalue weighted by molar-refractivity contribution is -0.139. The standard InChI is InChI=1S/C26H21BrN2O4/c27-16-9-10-23-21(12-16)15(13-28-23)11-24(25(30)31)29-26(32)33-14-22-19-7-3-1-5-17(19)18-6-2-4-8-20(18)22/h1-10,12-13,22,24,28H,11,14H2,(H,29,32)(H,30,31). The largest absolute Gasteiger partial charge is 0.480 e. The summed E-state index contributed by atoms with van der Waals surface area (Å²) < 4.78 is 6.41. The third-order valence-electron chi connectivity index (χ3n) is 6.09.